The number of aryl methyl sites for hydroxylation is 1. The second-order valence-corrected chi connectivity index (χ2v) is 10.5. The van der Waals surface area contributed by atoms with Crippen LogP contribution in [0.5, 0.6) is 0 Å². The summed E-state index contributed by atoms with van der Waals surface area (Å²) < 4.78 is 0. The molecule has 3 amide bonds. The van der Waals surface area contributed by atoms with Crippen molar-refractivity contribution in [1.29, 1.82) is 0 Å². The molecule has 204 valence electrons. The highest BCUT2D eigenvalue weighted by Gasteiger charge is 2.36. The molecule has 6 nitrogen and oxygen atoms in total. The van der Waals surface area contributed by atoms with Gasteiger partial charge in [-0.1, -0.05) is 85.8 Å². The van der Waals surface area contributed by atoms with Gasteiger partial charge in [0.2, 0.25) is 11.8 Å². The molecular formula is C34H35N3O3. The van der Waals surface area contributed by atoms with Crippen molar-refractivity contribution in [2.45, 2.75) is 52.2 Å². The summed E-state index contributed by atoms with van der Waals surface area (Å²) in [5.41, 5.74) is 4.29. The number of carbonyl (C=O) groups excluding carboxylic acids is 3. The van der Waals surface area contributed by atoms with Crippen molar-refractivity contribution in [3.8, 4) is 0 Å². The monoisotopic (exact) mass is 533 g/mol. The summed E-state index contributed by atoms with van der Waals surface area (Å²) in [6.07, 6.45) is 1.14. The van der Waals surface area contributed by atoms with Crippen LogP contribution in [0.25, 0.3) is 10.8 Å². The van der Waals surface area contributed by atoms with Crippen LogP contribution in [0.4, 0.5) is 5.69 Å². The number of anilines is 1. The number of carbonyl (C=O) groups is 3. The number of benzene rings is 4. The molecule has 5 rings (SSSR count). The number of rotatable bonds is 10. The van der Waals surface area contributed by atoms with Gasteiger partial charge in [0.25, 0.3) is 5.91 Å². The van der Waals surface area contributed by atoms with Gasteiger partial charge in [0.1, 0.15) is 12.6 Å². The molecule has 0 saturated carbocycles. The Labute approximate surface area is 235 Å². The molecule has 40 heavy (non-hydrogen) atoms. The maximum absolute atomic E-state index is 14.3. The molecule has 4 aromatic carbocycles. The highest BCUT2D eigenvalue weighted by Crippen LogP contribution is 2.37. The third-order valence-corrected chi connectivity index (χ3v) is 7.82. The Morgan fingerprint density at radius 1 is 0.900 bits per heavy atom. The highest BCUT2D eigenvalue weighted by molar-refractivity contribution is 6.26. The lowest BCUT2D eigenvalue weighted by Gasteiger charge is -2.34. The van der Waals surface area contributed by atoms with E-state index in [-0.39, 0.29) is 36.9 Å². The van der Waals surface area contributed by atoms with Crippen LogP contribution in [0.15, 0.2) is 91.0 Å². The predicted octanol–water partition coefficient (Wildman–Crippen LogP) is 5.66. The van der Waals surface area contributed by atoms with Gasteiger partial charge < -0.3 is 10.2 Å². The Balaban J connectivity index is 1.52. The molecule has 0 aromatic heterocycles. The number of hydrogen-bond acceptors (Lipinski definition) is 3. The smallest absolute Gasteiger partial charge is 0.259 e. The molecule has 1 heterocycles. The Kier molecular flexibility index (Phi) is 7.96. The molecule has 2 unspecified atom stereocenters. The van der Waals surface area contributed by atoms with Crippen molar-refractivity contribution in [2.75, 3.05) is 11.4 Å². The maximum Gasteiger partial charge on any atom is 0.259 e. The summed E-state index contributed by atoms with van der Waals surface area (Å²) in [7, 11) is 0. The summed E-state index contributed by atoms with van der Waals surface area (Å²) >= 11 is 0. The van der Waals surface area contributed by atoms with Crippen molar-refractivity contribution >= 4 is 34.2 Å². The zero-order chi connectivity index (χ0) is 28.2. The summed E-state index contributed by atoms with van der Waals surface area (Å²) in [4.78, 5) is 44.8. The third-order valence-electron chi connectivity index (χ3n) is 7.82. The number of hydrogen-bond donors (Lipinski definition) is 1. The standard InChI is InChI=1S/C34H35N3O3/c1-4-24(3)35-33(39)30(20-25-13-6-5-7-14-25)36(21-27-15-9-8-12-23(27)2)31(38)22-37-29-19-11-17-26-16-10-18-28(32(26)29)34(37)40/h5-19,24,30H,4,20-22H2,1-3H3,(H,35,39). The largest absolute Gasteiger partial charge is 0.352 e. The van der Waals surface area contributed by atoms with E-state index in [1.54, 1.807) is 9.80 Å². The van der Waals surface area contributed by atoms with E-state index in [1.165, 1.54) is 0 Å². The van der Waals surface area contributed by atoms with E-state index in [4.69, 9.17) is 0 Å². The average Bonchev–Trinajstić information content (AvgIpc) is 3.24. The first-order chi connectivity index (χ1) is 19.4. The SMILES string of the molecule is CCC(C)NC(=O)C(Cc1ccccc1)N(Cc1ccccc1C)C(=O)CN1C(=O)c2cccc3cccc1c23. The summed E-state index contributed by atoms with van der Waals surface area (Å²) in [5, 5.41) is 4.93. The van der Waals surface area contributed by atoms with Crippen LogP contribution in [0.2, 0.25) is 0 Å². The fourth-order valence-corrected chi connectivity index (χ4v) is 5.33. The van der Waals surface area contributed by atoms with E-state index in [1.807, 2.05) is 112 Å². The third kappa shape index (κ3) is 5.48. The molecule has 4 aromatic rings. The van der Waals surface area contributed by atoms with Gasteiger partial charge in [-0.25, -0.2) is 0 Å². The lowest BCUT2D eigenvalue weighted by molar-refractivity contribution is -0.140. The van der Waals surface area contributed by atoms with Gasteiger partial charge in [-0.15, -0.1) is 0 Å². The quantitative estimate of drug-likeness (QED) is 0.286. The Bertz CT molecular complexity index is 1540. The van der Waals surface area contributed by atoms with Crippen LogP contribution in [0.1, 0.15) is 47.3 Å². The van der Waals surface area contributed by atoms with Gasteiger partial charge in [0.15, 0.2) is 0 Å². The molecule has 0 aliphatic carbocycles. The topological polar surface area (TPSA) is 69.7 Å². The van der Waals surface area contributed by atoms with Crippen LogP contribution >= 0.6 is 0 Å². The van der Waals surface area contributed by atoms with Gasteiger partial charge >= 0.3 is 0 Å². The van der Waals surface area contributed by atoms with E-state index < -0.39 is 6.04 Å². The first kappa shape index (κ1) is 27.1. The van der Waals surface area contributed by atoms with Crippen molar-refractivity contribution in [3.05, 3.63) is 113 Å². The van der Waals surface area contributed by atoms with E-state index in [0.717, 1.165) is 39.6 Å². The average molecular weight is 534 g/mol. The van der Waals surface area contributed by atoms with Crippen molar-refractivity contribution in [1.82, 2.24) is 10.2 Å². The molecule has 0 bridgehead atoms. The predicted molar refractivity (Wildman–Crippen MR) is 159 cm³/mol. The fourth-order valence-electron chi connectivity index (χ4n) is 5.33. The van der Waals surface area contributed by atoms with Gasteiger partial charge in [0.05, 0.1) is 5.69 Å². The van der Waals surface area contributed by atoms with Gasteiger partial charge in [-0.3, -0.25) is 19.3 Å². The molecule has 1 N–H and O–H groups in total. The molecular weight excluding hydrogens is 498 g/mol. The summed E-state index contributed by atoms with van der Waals surface area (Å²) in [5.74, 6) is -0.667. The van der Waals surface area contributed by atoms with E-state index in [0.29, 0.717) is 12.0 Å². The van der Waals surface area contributed by atoms with Crippen LogP contribution in [-0.2, 0) is 22.6 Å². The van der Waals surface area contributed by atoms with Crippen molar-refractivity contribution < 1.29 is 14.4 Å². The zero-order valence-corrected chi connectivity index (χ0v) is 23.3. The summed E-state index contributed by atoms with van der Waals surface area (Å²) in [6, 6.07) is 28.3. The van der Waals surface area contributed by atoms with Crippen molar-refractivity contribution in [3.63, 3.8) is 0 Å². The Hall–Kier alpha value is -4.45. The van der Waals surface area contributed by atoms with E-state index in [9.17, 15) is 14.4 Å². The van der Waals surface area contributed by atoms with Gasteiger partial charge in [-0.2, -0.15) is 0 Å². The van der Waals surface area contributed by atoms with Crippen LogP contribution in [-0.4, -0.2) is 41.2 Å². The molecule has 0 spiro atoms. The lowest BCUT2D eigenvalue weighted by atomic mass is 10.0. The van der Waals surface area contributed by atoms with Crippen LogP contribution < -0.4 is 10.2 Å². The lowest BCUT2D eigenvalue weighted by Crippen LogP contribution is -2.54. The van der Waals surface area contributed by atoms with Crippen LogP contribution in [0, 0.1) is 6.92 Å². The maximum atomic E-state index is 14.3. The number of nitrogens with one attached hydrogen (secondary N) is 1. The molecule has 0 fully saturated rings. The second-order valence-electron chi connectivity index (χ2n) is 10.5. The molecule has 1 aliphatic rings. The second kappa shape index (κ2) is 11.7. The Morgan fingerprint density at radius 3 is 2.33 bits per heavy atom. The van der Waals surface area contributed by atoms with E-state index >= 15 is 0 Å². The molecule has 2 atom stereocenters. The van der Waals surface area contributed by atoms with Crippen molar-refractivity contribution in [2.24, 2.45) is 0 Å². The minimum Gasteiger partial charge on any atom is -0.352 e. The van der Waals surface area contributed by atoms with Gasteiger partial charge in [0, 0.05) is 30.0 Å². The first-order valence-corrected chi connectivity index (χ1v) is 13.9. The van der Waals surface area contributed by atoms with Crippen LogP contribution in [0.3, 0.4) is 0 Å². The zero-order valence-electron chi connectivity index (χ0n) is 23.3. The minimum absolute atomic E-state index is 0.0338. The Morgan fingerprint density at radius 2 is 1.60 bits per heavy atom. The minimum atomic E-state index is -0.751. The molecule has 0 saturated heterocycles. The van der Waals surface area contributed by atoms with E-state index in [2.05, 4.69) is 5.32 Å². The molecule has 0 radical (unpaired) electrons. The van der Waals surface area contributed by atoms with Gasteiger partial charge in [-0.05, 0) is 54.5 Å². The highest BCUT2D eigenvalue weighted by atomic mass is 16.2. The fraction of sp³-hybridized carbons (Fsp3) is 0.265. The normalized spacial score (nSPS) is 13.8. The number of nitrogens with zero attached hydrogens (tertiary/aromatic N) is 2. The summed E-state index contributed by atoms with van der Waals surface area (Å²) in [6.45, 7) is 6.09. The molecule has 6 heteroatoms. The first-order valence-electron chi connectivity index (χ1n) is 13.9. The number of amides is 3. The molecule has 1 aliphatic heterocycles.